The third kappa shape index (κ3) is 2.85. The Kier molecular flexibility index (Phi) is 3.85. The fourth-order valence-electron chi connectivity index (χ4n) is 3.90. The summed E-state index contributed by atoms with van der Waals surface area (Å²) in [6.07, 6.45) is 8.68. The maximum atomic E-state index is 4.68. The Morgan fingerprint density at radius 3 is 2.89 bits per heavy atom. The van der Waals surface area contributed by atoms with Crippen molar-refractivity contribution in [3.63, 3.8) is 0 Å². The van der Waals surface area contributed by atoms with Crippen molar-refractivity contribution in [3.05, 3.63) is 65.9 Å². The highest BCUT2D eigenvalue weighted by atomic mass is 15.3. The monoisotopic (exact) mass is 359 g/mol. The molecule has 1 aliphatic carbocycles. The average molecular weight is 359 g/mol. The molecule has 1 N–H and O–H groups in total. The second-order valence-electron chi connectivity index (χ2n) is 7.01. The first-order valence-corrected chi connectivity index (χ1v) is 9.27. The maximum Gasteiger partial charge on any atom is 0.163 e. The van der Waals surface area contributed by atoms with Crippen LogP contribution in [0.15, 0.2) is 49.1 Å². The van der Waals surface area contributed by atoms with Gasteiger partial charge in [0.25, 0.3) is 0 Å². The van der Waals surface area contributed by atoms with Crippen LogP contribution in [0.5, 0.6) is 0 Å². The lowest BCUT2D eigenvalue weighted by Gasteiger charge is -2.25. The molecule has 0 saturated heterocycles. The van der Waals surface area contributed by atoms with Crippen LogP contribution in [0.25, 0.3) is 11.0 Å². The topological polar surface area (TPSA) is 73.5 Å². The molecule has 0 saturated carbocycles. The first-order valence-electron chi connectivity index (χ1n) is 9.27. The molecular formula is C20H21N7. The number of aryl methyl sites for hydroxylation is 1. The molecule has 7 heteroatoms. The van der Waals surface area contributed by atoms with Crippen molar-refractivity contribution in [2.24, 2.45) is 7.05 Å². The zero-order valence-corrected chi connectivity index (χ0v) is 15.2. The molecule has 1 atom stereocenters. The van der Waals surface area contributed by atoms with Gasteiger partial charge in [0.1, 0.15) is 12.1 Å². The number of aromatic nitrogens is 6. The van der Waals surface area contributed by atoms with Crippen LogP contribution in [0.3, 0.4) is 0 Å². The summed E-state index contributed by atoms with van der Waals surface area (Å²) in [4.78, 5) is 8.78. The molecule has 1 aliphatic rings. The summed E-state index contributed by atoms with van der Waals surface area (Å²) in [5.41, 5.74) is 4.70. The van der Waals surface area contributed by atoms with Crippen LogP contribution in [0.2, 0.25) is 0 Å². The van der Waals surface area contributed by atoms with Crippen LogP contribution < -0.4 is 5.32 Å². The molecule has 0 unspecified atom stereocenters. The normalized spacial score (nSPS) is 16.4. The standard InChI is InChI=1S/C20H21N7/c1-26-20-16(11-23-26)19(21-13-22-20)25-17-8-5-9-18-15(17)10-24-27(18)12-14-6-3-2-4-7-14/h2-4,6-7,10-11,13,17H,5,8-9,12H2,1H3,(H,21,22,25)/t17-/m0/s1. The molecule has 5 rings (SSSR count). The van der Waals surface area contributed by atoms with Gasteiger partial charge < -0.3 is 5.32 Å². The summed E-state index contributed by atoms with van der Waals surface area (Å²) in [5.74, 6) is 0.835. The number of nitrogens with one attached hydrogen (secondary N) is 1. The van der Waals surface area contributed by atoms with Gasteiger partial charge in [-0.3, -0.25) is 9.36 Å². The lowest BCUT2D eigenvalue weighted by Crippen LogP contribution is -2.19. The molecule has 0 fully saturated rings. The molecule has 0 aliphatic heterocycles. The van der Waals surface area contributed by atoms with E-state index in [0.717, 1.165) is 42.7 Å². The van der Waals surface area contributed by atoms with Gasteiger partial charge in [0, 0.05) is 18.3 Å². The van der Waals surface area contributed by atoms with Gasteiger partial charge in [-0.25, -0.2) is 9.97 Å². The van der Waals surface area contributed by atoms with Crippen LogP contribution in [-0.4, -0.2) is 29.5 Å². The molecule has 27 heavy (non-hydrogen) atoms. The zero-order valence-electron chi connectivity index (χ0n) is 15.2. The van der Waals surface area contributed by atoms with E-state index in [-0.39, 0.29) is 6.04 Å². The molecule has 1 aromatic carbocycles. The predicted octanol–water partition coefficient (Wildman–Crippen LogP) is 3.10. The molecule has 0 bridgehead atoms. The predicted molar refractivity (Wildman–Crippen MR) is 103 cm³/mol. The van der Waals surface area contributed by atoms with E-state index >= 15 is 0 Å². The lowest BCUT2D eigenvalue weighted by molar-refractivity contribution is 0.556. The SMILES string of the molecule is Cn1ncc2c(N[C@H]3CCCc4c3cnn4Cc3ccccc3)ncnc21. The molecule has 3 aromatic heterocycles. The second-order valence-corrected chi connectivity index (χ2v) is 7.01. The first kappa shape index (κ1) is 16.0. The van der Waals surface area contributed by atoms with E-state index in [2.05, 4.69) is 54.4 Å². The van der Waals surface area contributed by atoms with E-state index in [1.165, 1.54) is 16.8 Å². The van der Waals surface area contributed by atoms with E-state index in [9.17, 15) is 0 Å². The highest BCUT2D eigenvalue weighted by Gasteiger charge is 2.25. The van der Waals surface area contributed by atoms with Crippen molar-refractivity contribution in [1.82, 2.24) is 29.5 Å². The van der Waals surface area contributed by atoms with Crippen molar-refractivity contribution in [3.8, 4) is 0 Å². The van der Waals surface area contributed by atoms with Crippen molar-refractivity contribution in [2.45, 2.75) is 31.8 Å². The number of hydrogen-bond acceptors (Lipinski definition) is 5. The van der Waals surface area contributed by atoms with E-state index in [4.69, 9.17) is 0 Å². The summed E-state index contributed by atoms with van der Waals surface area (Å²) >= 11 is 0. The number of nitrogens with zero attached hydrogens (tertiary/aromatic N) is 6. The third-order valence-electron chi connectivity index (χ3n) is 5.28. The average Bonchev–Trinajstić information content (AvgIpc) is 3.28. The van der Waals surface area contributed by atoms with Gasteiger partial charge in [0.2, 0.25) is 0 Å². The van der Waals surface area contributed by atoms with Gasteiger partial charge in [-0.15, -0.1) is 0 Å². The van der Waals surface area contributed by atoms with Gasteiger partial charge in [0.15, 0.2) is 5.65 Å². The molecule has 0 spiro atoms. The summed E-state index contributed by atoms with van der Waals surface area (Å²) < 4.78 is 3.91. The van der Waals surface area contributed by atoms with E-state index in [0.29, 0.717) is 0 Å². The number of rotatable bonds is 4. The van der Waals surface area contributed by atoms with Crippen molar-refractivity contribution in [2.75, 3.05) is 5.32 Å². The van der Waals surface area contributed by atoms with Gasteiger partial charge in [-0.1, -0.05) is 30.3 Å². The summed E-state index contributed by atoms with van der Waals surface area (Å²) in [6.45, 7) is 0.809. The largest absolute Gasteiger partial charge is 0.362 e. The number of fused-ring (bicyclic) bond motifs is 2. The van der Waals surface area contributed by atoms with E-state index in [1.807, 2.05) is 25.5 Å². The number of anilines is 1. The third-order valence-corrected chi connectivity index (χ3v) is 5.28. The van der Waals surface area contributed by atoms with Gasteiger partial charge >= 0.3 is 0 Å². The summed E-state index contributed by atoms with van der Waals surface area (Å²) in [5, 5.41) is 13.5. The fraction of sp³-hybridized carbons (Fsp3) is 0.300. The molecule has 7 nitrogen and oxygen atoms in total. The van der Waals surface area contributed by atoms with Crippen LogP contribution in [0, 0.1) is 0 Å². The fourth-order valence-corrected chi connectivity index (χ4v) is 3.90. The molecule has 0 radical (unpaired) electrons. The Bertz CT molecular complexity index is 1080. The lowest BCUT2D eigenvalue weighted by atomic mass is 9.93. The van der Waals surface area contributed by atoms with Crippen molar-refractivity contribution < 1.29 is 0 Å². The molecule has 136 valence electrons. The molecule has 4 aromatic rings. The quantitative estimate of drug-likeness (QED) is 0.606. The summed E-state index contributed by atoms with van der Waals surface area (Å²) in [6, 6.07) is 10.7. The Labute approximate surface area is 157 Å². The van der Waals surface area contributed by atoms with Crippen LogP contribution in [0.1, 0.15) is 35.7 Å². The minimum Gasteiger partial charge on any atom is -0.362 e. The van der Waals surface area contributed by atoms with Crippen LogP contribution in [-0.2, 0) is 20.0 Å². The minimum atomic E-state index is 0.205. The van der Waals surface area contributed by atoms with Crippen molar-refractivity contribution >= 4 is 16.9 Å². The minimum absolute atomic E-state index is 0.205. The molecule has 3 heterocycles. The van der Waals surface area contributed by atoms with Gasteiger partial charge in [-0.2, -0.15) is 10.2 Å². The highest BCUT2D eigenvalue weighted by Crippen LogP contribution is 2.33. The number of hydrogen-bond donors (Lipinski definition) is 1. The molecule has 0 amide bonds. The molecular weight excluding hydrogens is 338 g/mol. The Morgan fingerprint density at radius 2 is 2.00 bits per heavy atom. The smallest absolute Gasteiger partial charge is 0.163 e. The van der Waals surface area contributed by atoms with Crippen molar-refractivity contribution in [1.29, 1.82) is 0 Å². The van der Waals surface area contributed by atoms with Gasteiger partial charge in [-0.05, 0) is 24.8 Å². The Balaban J connectivity index is 1.45. The highest BCUT2D eigenvalue weighted by molar-refractivity contribution is 5.86. The summed E-state index contributed by atoms with van der Waals surface area (Å²) in [7, 11) is 1.89. The van der Waals surface area contributed by atoms with Crippen LogP contribution >= 0.6 is 0 Å². The van der Waals surface area contributed by atoms with Gasteiger partial charge in [0.05, 0.1) is 30.4 Å². The van der Waals surface area contributed by atoms with E-state index < -0.39 is 0 Å². The van der Waals surface area contributed by atoms with Crippen LogP contribution in [0.4, 0.5) is 5.82 Å². The Morgan fingerprint density at radius 1 is 1.11 bits per heavy atom. The van der Waals surface area contributed by atoms with E-state index in [1.54, 1.807) is 11.0 Å². The maximum absolute atomic E-state index is 4.68. The number of benzene rings is 1. The zero-order chi connectivity index (χ0) is 18.2. The second kappa shape index (κ2) is 6.50. The first-order chi connectivity index (χ1) is 13.3. The Hall–Kier alpha value is -3.22.